The molecule has 4 N–H and O–H groups in total. The van der Waals surface area contributed by atoms with Gasteiger partial charge in [0.25, 0.3) is 0 Å². The van der Waals surface area contributed by atoms with E-state index in [0.29, 0.717) is 30.8 Å². The summed E-state index contributed by atoms with van der Waals surface area (Å²) in [6.07, 6.45) is 3.09. The lowest BCUT2D eigenvalue weighted by atomic mass is 10.0. The molecule has 0 fully saturated rings. The van der Waals surface area contributed by atoms with Gasteiger partial charge in [-0.3, -0.25) is 9.59 Å². The van der Waals surface area contributed by atoms with Crippen LogP contribution in [0.25, 0.3) is 0 Å². The third-order valence-electron chi connectivity index (χ3n) is 6.26. The van der Waals surface area contributed by atoms with Crippen molar-refractivity contribution in [2.75, 3.05) is 11.9 Å². The zero-order valence-corrected chi connectivity index (χ0v) is 24.2. The predicted octanol–water partition coefficient (Wildman–Crippen LogP) is 5.91. The van der Waals surface area contributed by atoms with E-state index in [-0.39, 0.29) is 24.8 Å². The van der Waals surface area contributed by atoms with Gasteiger partial charge in [-0.15, -0.1) is 0 Å². The van der Waals surface area contributed by atoms with Crippen molar-refractivity contribution < 1.29 is 23.9 Å². The fourth-order valence-electron chi connectivity index (χ4n) is 3.94. The summed E-state index contributed by atoms with van der Waals surface area (Å²) >= 11 is 3.42. The van der Waals surface area contributed by atoms with Gasteiger partial charge in [0, 0.05) is 28.6 Å². The topological polar surface area (TPSA) is 120 Å². The van der Waals surface area contributed by atoms with Crippen LogP contribution in [-0.4, -0.2) is 30.6 Å². The molecule has 1 atom stereocenters. The molecule has 0 unspecified atom stereocenters. The quantitative estimate of drug-likeness (QED) is 0.119. The Morgan fingerprint density at radius 3 is 2.27 bits per heavy atom. The molecule has 2 amide bonds. The number of hydrogen-bond acceptors (Lipinski definition) is 6. The second-order valence-electron chi connectivity index (χ2n) is 9.34. The number of nitrogens with two attached hydrogens (primary N) is 1. The number of unbranched alkanes of at least 4 members (excludes halogenated alkanes) is 2. The number of carbonyl (C=O) groups excluding carboxylic acids is 3. The van der Waals surface area contributed by atoms with Crippen LogP contribution in [0.15, 0.2) is 77.3 Å². The molecule has 0 aromatic heterocycles. The molecule has 8 nitrogen and oxygen atoms in total. The van der Waals surface area contributed by atoms with E-state index in [4.69, 9.17) is 15.2 Å². The van der Waals surface area contributed by atoms with E-state index >= 15 is 0 Å². The standard InChI is InChI=1S/C31H36BrN3O5/c1-2-22-11-15-25(16-12-22)34-30(37)28(35-29(36)10-4-3-7-19-33)20-23-13-17-26(18-14-23)40-31(38)39-21-24-8-5-6-9-27(24)32/h5-6,8-9,11-18,28H,2-4,7,10,19-21,33H2,1H3,(H,34,37)(H,35,36)/t28-/m0/s1. The summed E-state index contributed by atoms with van der Waals surface area (Å²) in [4.78, 5) is 37.9. The zero-order chi connectivity index (χ0) is 28.7. The molecule has 40 heavy (non-hydrogen) atoms. The molecule has 0 saturated heterocycles. The molecule has 3 aromatic carbocycles. The number of benzene rings is 3. The van der Waals surface area contributed by atoms with Crippen molar-refractivity contribution in [1.82, 2.24) is 5.32 Å². The van der Waals surface area contributed by atoms with E-state index in [9.17, 15) is 14.4 Å². The second-order valence-corrected chi connectivity index (χ2v) is 10.2. The van der Waals surface area contributed by atoms with Crippen LogP contribution in [0, 0.1) is 0 Å². The summed E-state index contributed by atoms with van der Waals surface area (Å²) in [5.41, 5.74) is 8.97. The Balaban J connectivity index is 1.60. The van der Waals surface area contributed by atoms with Crippen LogP contribution < -0.4 is 21.1 Å². The molecule has 212 valence electrons. The molecular formula is C31H36BrN3O5. The normalized spacial score (nSPS) is 11.4. The Morgan fingerprint density at radius 1 is 0.900 bits per heavy atom. The third kappa shape index (κ3) is 10.5. The minimum Gasteiger partial charge on any atom is -0.429 e. The number of hydrogen-bond donors (Lipinski definition) is 3. The van der Waals surface area contributed by atoms with Crippen molar-refractivity contribution in [2.24, 2.45) is 5.73 Å². The number of aryl methyl sites for hydroxylation is 1. The average molecular weight is 611 g/mol. The van der Waals surface area contributed by atoms with Gasteiger partial charge in [-0.1, -0.05) is 71.7 Å². The maximum absolute atomic E-state index is 13.2. The van der Waals surface area contributed by atoms with Crippen LogP contribution in [0.2, 0.25) is 0 Å². The molecule has 0 heterocycles. The Labute approximate surface area is 243 Å². The number of carbonyl (C=O) groups is 3. The predicted molar refractivity (Wildman–Crippen MR) is 159 cm³/mol. The van der Waals surface area contributed by atoms with Crippen LogP contribution in [0.1, 0.15) is 49.3 Å². The number of halogens is 1. The highest BCUT2D eigenvalue weighted by Crippen LogP contribution is 2.19. The summed E-state index contributed by atoms with van der Waals surface area (Å²) in [5.74, 6) is -0.191. The number of rotatable bonds is 14. The minimum absolute atomic E-state index is 0.0717. The summed E-state index contributed by atoms with van der Waals surface area (Å²) in [5, 5.41) is 5.78. The first-order valence-corrected chi connectivity index (χ1v) is 14.2. The molecule has 0 aliphatic carbocycles. The maximum Gasteiger partial charge on any atom is 0.514 e. The first kappa shape index (κ1) is 30.8. The fourth-order valence-corrected chi connectivity index (χ4v) is 4.34. The molecule has 3 rings (SSSR count). The lowest BCUT2D eigenvalue weighted by Gasteiger charge is -2.19. The van der Waals surface area contributed by atoms with Crippen molar-refractivity contribution in [3.05, 3.63) is 94.0 Å². The van der Waals surface area contributed by atoms with Gasteiger partial charge < -0.3 is 25.8 Å². The fraction of sp³-hybridized carbons (Fsp3) is 0.323. The lowest BCUT2D eigenvalue weighted by molar-refractivity contribution is -0.126. The number of anilines is 1. The van der Waals surface area contributed by atoms with E-state index in [1.54, 1.807) is 24.3 Å². The van der Waals surface area contributed by atoms with Crippen LogP contribution in [0.5, 0.6) is 5.75 Å². The highest BCUT2D eigenvalue weighted by atomic mass is 79.9. The Morgan fingerprint density at radius 2 is 1.60 bits per heavy atom. The van der Waals surface area contributed by atoms with Crippen molar-refractivity contribution >= 4 is 39.6 Å². The Bertz CT molecular complexity index is 1250. The minimum atomic E-state index is -0.822. The van der Waals surface area contributed by atoms with E-state index in [1.807, 2.05) is 48.5 Å². The summed E-state index contributed by atoms with van der Waals surface area (Å²) in [6, 6.07) is 21.0. The van der Waals surface area contributed by atoms with E-state index in [1.165, 1.54) is 5.56 Å². The summed E-state index contributed by atoms with van der Waals surface area (Å²) in [7, 11) is 0. The molecule has 3 aromatic rings. The van der Waals surface area contributed by atoms with Gasteiger partial charge in [-0.25, -0.2) is 4.79 Å². The maximum atomic E-state index is 13.2. The van der Waals surface area contributed by atoms with Gasteiger partial charge in [0.1, 0.15) is 18.4 Å². The van der Waals surface area contributed by atoms with Gasteiger partial charge in [0.05, 0.1) is 0 Å². The van der Waals surface area contributed by atoms with Gasteiger partial charge in [0.15, 0.2) is 0 Å². The molecule has 0 bridgehead atoms. The first-order valence-electron chi connectivity index (χ1n) is 13.4. The smallest absolute Gasteiger partial charge is 0.429 e. The van der Waals surface area contributed by atoms with Gasteiger partial charge in [-0.2, -0.15) is 0 Å². The molecular weight excluding hydrogens is 574 g/mol. The molecule has 0 radical (unpaired) electrons. The molecule has 0 aliphatic rings. The summed E-state index contributed by atoms with van der Waals surface area (Å²) in [6.45, 7) is 2.73. The highest BCUT2D eigenvalue weighted by Gasteiger charge is 2.22. The molecule has 9 heteroatoms. The first-order chi connectivity index (χ1) is 19.4. The van der Waals surface area contributed by atoms with Gasteiger partial charge in [-0.05, 0) is 67.3 Å². The van der Waals surface area contributed by atoms with Gasteiger partial charge >= 0.3 is 6.16 Å². The Kier molecular flexibility index (Phi) is 12.7. The van der Waals surface area contributed by atoms with Crippen molar-refractivity contribution in [3.8, 4) is 5.75 Å². The van der Waals surface area contributed by atoms with Crippen LogP contribution in [-0.2, 0) is 33.8 Å². The van der Waals surface area contributed by atoms with Crippen LogP contribution in [0.3, 0.4) is 0 Å². The highest BCUT2D eigenvalue weighted by molar-refractivity contribution is 9.10. The number of nitrogens with one attached hydrogen (secondary N) is 2. The average Bonchev–Trinajstić information content (AvgIpc) is 2.96. The number of amides is 2. The van der Waals surface area contributed by atoms with E-state index < -0.39 is 12.2 Å². The lowest BCUT2D eigenvalue weighted by Crippen LogP contribution is -2.45. The van der Waals surface area contributed by atoms with Gasteiger partial charge in [0.2, 0.25) is 11.8 Å². The second kappa shape index (κ2) is 16.4. The molecule has 0 spiro atoms. The zero-order valence-electron chi connectivity index (χ0n) is 22.7. The van der Waals surface area contributed by atoms with Crippen LogP contribution >= 0.6 is 15.9 Å². The summed E-state index contributed by atoms with van der Waals surface area (Å²) < 4.78 is 11.3. The van der Waals surface area contributed by atoms with Crippen molar-refractivity contribution in [2.45, 2.75) is 58.1 Å². The third-order valence-corrected chi connectivity index (χ3v) is 7.03. The van der Waals surface area contributed by atoms with Crippen LogP contribution in [0.4, 0.5) is 10.5 Å². The monoisotopic (exact) mass is 609 g/mol. The number of ether oxygens (including phenoxy) is 2. The van der Waals surface area contributed by atoms with Crippen molar-refractivity contribution in [3.63, 3.8) is 0 Å². The largest absolute Gasteiger partial charge is 0.514 e. The van der Waals surface area contributed by atoms with Crippen molar-refractivity contribution in [1.29, 1.82) is 0 Å². The molecule has 0 aliphatic heterocycles. The SMILES string of the molecule is CCc1ccc(NC(=O)[C@H](Cc2ccc(OC(=O)OCc3ccccc3Br)cc2)NC(=O)CCCCCN)cc1. The Hall–Kier alpha value is -3.69. The van der Waals surface area contributed by atoms with E-state index in [2.05, 4.69) is 33.5 Å². The molecule has 0 saturated carbocycles. The van der Waals surface area contributed by atoms with E-state index in [0.717, 1.165) is 34.9 Å².